The van der Waals surface area contributed by atoms with Crippen molar-refractivity contribution in [2.75, 3.05) is 13.1 Å². The fraction of sp³-hybridized carbons (Fsp3) is 0.727. The second-order valence-corrected chi connectivity index (χ2v) is 4.35. The van der Waals surface area contributed by atoms with Crippen LogP contribution in [0.25, 0.3) is 0 Å². The summed E-state index contributed by atoms with van der Waals surface area (Å²) in [6.07, 6.45) is 2.48. The summed E-state index contributed by atoms with van der Waals surface area (Å²) in [6.45, 7) is 6.45. The van der Waals surface area contributed by atoms with E-state index in [1.54, 1.807) is 0 Å². The van der Waals surface area contributed by atoms with Crippen molar-refractivity contribution in [3.05, 3.63) is 17.5 Å². The predicted molar refractivity (Wildman–Crippen MR) is 55.4 cm³/mol. The van der Waals surface area contributed by atoms with Gasteiger partial charge in [0.2, 0.25) is 0 Å². The minimum absolute atomic E-state index is 0.438. The first kappa shape index (κ1) is 9.71. The highest BCUT2D eigenvalue weighted by atomic mass is 16.5. The fourth-order valence-corrected chi connectivity index (χ4v) is 1.87. The Hall–Kier alpha value is -0.830. The van der Waals surface area contributed by atoms with Crippen molar-refractivity contribution in [1.82, 2.24) is 10.5 Å². The molecule has 1 atom stereocenters. The third kappa shape index (κ3) is 1.98. The molecule has 1 aliphatic heterocycles. The van der Waals surface area contributed by atoms with E-state index in [4.69, 9.17) is 4.52 Å². The van der Waals surface area contributed by atoms with E-state index in [1.165, 1.54) is 12.8 Å². The van der Waals surface area contributed by atoms with Gasteiger partial charge in [-0.25, -0.2) is 0 Å². The van der Waals surface area contributed by atoms with Gasteiger partial charge in [-0.15, -0.1) is 0 Å². The molecule has 2 rings (SSSR count). The second kappa shape index (κ2) is 4.13. The summed E-state index contributed by atoms with van der Waals surface area (Å²) in [7, 11) is 0. The van der Waals surface area contributed by atoms with E-state index in [2.05, 4.69) is 30.4 Å². The number of rotatable bonds is 2. The van der Waals surface area contributed by atoms with Gasteiger partial charge in [-0.1, -0.05) is 19.0 Å². The monoisotopic (exact) mass is 194 g/mol. The van der Waals surface area contributed by atoms with Crippen LogP contribution in [-0.4, -0.2) is 18.2 Å². The molecule has 2 heterocycles. The third-order valence-corrected chi connectivity index (χ3v) is 2.83. The average molecular weight is 194 g/mol. The molecule has 1 aliphatic rings. The summed E-state index contributed by atoms with van der Waals surface area (Å²) in [5, 5.41) is 7.54. The Kier molecular flexibility index (Phi) is 2.87. The van der Waals surface area contributed by atoms with E-state index >= 15 is 0 Å². The van der Waals surface area contributed by atoms with Gasteiger partial charge in [0.05, 0.1) is 5.69 Å². The molecule has 0 saturated carbocycles. The van der Waals surface area contributed by atoms with Crippen LogP contribution in [0.1, 0.15) is 50.0 Å². The molecule has 0 spiro atoms. The Bertz CT molecular complexity index is 287. The molecular formula is C11H18N2O. The van der Waals surface area contributed by atoms with Crippen molar-refractivity contribution in [2.24, 2.45) is 0 Å². The summed E-state index contributed by atoms with van der Waals surface area (Å²) < 4.78 is 5.30. The Labute approximate surface area is 84.9 Å². The first-order valence-electron chi connectivity index (χ1n) is 5.44. The van der Waals surface area contributed by atoms with E-state index in [0.29, 0.717) is 11.8 Å². The van der Waals surface area contributed by atoms with Gasteiger partial charge < -0.3 is 9.84 Å². The fourth-order valence-electron chi connectivity index (χ4n) is 1.87. The Balaban J connectivity index is 2.07. The molecular weight excluding hydrogens is 176 g/mol. The summed E-state index contributed by atoms with van der Waals surface area (Å²) >= 11 is 0. The maximum Gasteiger partial charge on any atom is 0.139 e. The summed E-state index contributed by atoms with van der Waals surface area (Å²) in [4.78, 5) is 0. The van der Waals surface area contributed by atoms with Crippen LogP contribution >= 0.6 is 0 Å². The van der Waals surface area contributed by atoms with Crippen molar-refractivity contribution in [3.63, 3.8) is 0 Å². The molecule has 1 aromatic heterocycles. The smallest absolute Gasteiger partial charge is 0.139 e. The summed E-state index contributed by atoms with van der Waals surface area (Å²) in [5.41, 5.74) is 1.13. The highest BCUT2D eigenvalue weighted by Gasteiger charge is 2.19. The van der Waals surface area contributed by atoms with Crippen LogP contribution in [0.4, 0.5) is 0 Å². The Morgan fingerprint density at radius 1 is 1.57 bits per heavy atom. The normalized spacial score (nSPS) is 22.9. The zero-order valence-corrected chi connectivity index (χ0v) is 8.92. The van der Waals surface area contributed by atoms with Gasteiger partial charge in [0.15, 0.2) is 0 Å². The molecule has 1 unspecified atom stereocenters. The number of piperidine rings is 1. The van der Waals surface area contributed by atoms with Crippen molar-refractivity contribution < 1.29 is 4.52 Å². The number of nitrogens with zero attached hydrogens (tertiary/aromatic N) is 1. The van der Waals surface area contributed by atoms with Crippen LogP contribution in [0.3, 0.4) is 0 Å². The standard InChI is InChI=1S/C11H18N2O/c1-8(2)11-6-10(13-14-11)9-4-3-5-12-7-9/h6,8-9,12H,3-5,7H2,1-2H3. The van der Waals surface area contributed by atoms with Gasteiger partial charge in [-0.2, -0.15) is 0 Å². The van der Waals surface area contributed by atoms with Crippen molar-refractivity contribution in [2.45, 2.75) is 38.5 Å². The van der Waals surface area contributed by atoms with Crippen molar-refractivity contribution >= 4 is 0 Å². The number of hydrogen-bond acceptors (Lipinski definition) is 3. The maximum absolute atomic E-state index is 5.30. The quantitative estimate of drug-likeness (QED) is 0.784. The predicted octanol–water partition coefficient (Wildman–Crippen LogP) is 2.26. The van der Waals surface area contributed by atoms with Gasteiger partial charge in [0, 0.05) is 24.4 Å². The second-order valence-electron chi connectivity index (χ2n) is 4.35. The van der Waals surface area contributed by atoms with Crippen LogP contribution in [-0.2, 0) is 0 Å². The van der Waals surface area contributed by atoms with Crippen LogP contribution < -0.4 is 5.32 Å². The SMILES string of the molecule is CC(C)c1cc(C2CCCNC2)no1. The van der Waals surface area contributed by atoms with E-state index < -0.39 is 0 Å². The van der Waals surface area contributed by atoms with E-state index in [1.807, 2.05) is 0 Å². The molecule has 3 heteroatoms. The lowest BCUT2D eigenvalue weighted by atomic mass is 9.95. The van der Waals surface area contributed by atoms with Crippen LogP contribution in [0.2, 0.25) is 0 Å². The molecule has 0 radical (unpaired) electrons. The molecule has 1 N–H and O–H groups in total. The molecule has 14 heavy (non-hydrogen) atoms. The Morgan fingerprint density at radius 3 is 3.00 bits per heavy atom. The topological polar surface area (TPSA) is 38.1 Å². The zero-order chi connectivity index (χ0) is 9.97. The molecule has 0 aromatic carbocycles. The minimum Gasteiger partial charge on any atom is -0.361 e. The molecule has 1 fully saturated rings. The molecule has 0 bridgehead atoms. The first-order chi connectivity index (χ1) is 6.77. The van der Waals surface area contributed by atoms with Crippen molar-refractivity contribution in [3.8, 4) is 0 Å². The zero-order valence-electron chi connectivity index (χ0n) is 8.92. The molecule has 3 nitrogen and oxygen atoms in total. The minimum atomic E-state index is 0.438. The largest absolute Gasteiger partial charge is 0.361 e. The van der Waals surface area contributed by atoms with Gasteiger partial charge in [0.25, 0.3) is 0 Å². The molecule has 0 aliphatic carbocycles. The third-order valence-electron chi connectivity index (χ3n) is 2.83. The maximum atomic E-state index is 5.30. The van der Waals surface area contributed by atoms with Gasteiger partial charge in [0.1, 0.15) is 5.76 Å². The van der Waals surface area contributed by atoms with E-state index in [9.17, 15) is 0 Å². The first-order valence-corrected chi connectivity index (χ1v) is 5.44. The van der Waals surface area contributed by atoms with E-state index in [-0.39, 0.29) is 0 Å². The lowest BCUT2D eigenvalue weighted by Crippen LogP contribution is -2.28. The van der Waals surface area contributed by atoms with Crippen LogP contribution in [0.5, 0.6) is 0 Å². The number of nitrogens with one attached hydrogen (secondary N) is 1. The highest BCUT2D eigenvalue weighted by molar-refractivity contribution is 5.13. The van der Waals surface area contributed by atoms with Gasteiger partial charge in [-0.3, -0.25) is 0 Å². The molecule has 0 amide bonds. The van der Waals surface area contributed by atoms with Gasteiger partial charge in [-0.05, 0) is 19.4 Å². The summed E-state index contributed by atoms with van der Waals surface area (Å²) in [6, 6.07) is 2.11. The Morgan fingerprint density at radius 2 is 2.43 bits per heavy atom. The lowest BCUT2D eigenvalue weighted by molar-refractivity contribution is 0.353. The molecule has 78 valence electrons. The molecule has 1 saturated heterocycles. The number of hydrogen-bond donors (Lipinski definition) is 1. The van der Waals surface area contributed by atoms with Crippen LogP contribution in [0, 0.1) is 0 Å². The van der Waals surface area contributed by atoms with E-state index in [0.717, 1.165) is 24.5 Å². The van der Waals surface area contributed by atoms with Crippen LogP contribution in [0.15, 0.2) is 10.6 Å². The van der Waals surface area contributed by atoms with Crippen molar-refractivity contribution in [1.29, 1.82) is 0 Å². The highest BCUT2D eigenvalue weighted by Crippen LogP contribution is 2.25. The molecule has 1 aromatic rings. The number of aromatic nitrogens is 1. The average Bonchev–Trinajstić information content (AvgIpc) is 2.68. The lowest BCUT2D eigenvalue weighted by Gasteiger charge is -2.20. The van der Waals surface area contributed by atoms with Gasteiger partial charge >= 0.3 is 0 Å². The summed E-state index contributed by atoms with van der Waals surface area (Å²) in [5.74, 6) is 2.00.